The number of aliphatic imine (C=N–C) groups is 2. The fraction of sp³-hybridized carbons (Fsp3) is 0.467. The van der Waals surface area contributed by atoms with Crippen molar-refractivity contribution in [1.82, 2.24) is 21.3 Å². The number of hydrogen-bond donors (Lipinski definition) is 5. The van der Waals surface area contributed by atoms with Crippen molar-refractivity contribution < 1.29 is 9.53 Å². The van der Waals surface area contributed by atoms with Gasteiger partial charge in [0, 0.05) is 25.0 Å². The molecule has 0 saturated heterocycles. The molecule has 6 N–H and O–H groups in total. The van der Waals surface area contributed by atoms with Gasteiger partial charge in [0.2, 0.25) is 18.1 Å². The highest BCUT2D eigenvalue weighted by Gasteiger charge is 2.10. The zero-order valence-corrected chi connectivity index (χ0v) is 15.9. The molecule has 0 spiro atoms. The zero-order valence-electron chi connectivity index (χ0n) is 15.0. The van der Waals surface area contributed by atoms with Crippen molar-refractivity contribution in [3.8, 4) is 6.19 Å². The molecule has 0 unspecified atom stereocenters. The maximum atomic E-state index is 11.5. The summed E-state index contributed by atoms with van der Waals surface area (Å²) in [7, 11) is 2.92. The van der Waals surface area contributed by atoms with E-state index in [4.69, 9.17) is 11.0 Å². The van der Waals surface area contributed by atoms with Gasteiger partial charge >= 0.3 is 6.09 Å². The number of nitrogens with one attached hydrogen (secondary N) is 4. The van der Waals surface area contributed by atoms with Crippen molar-refractivity contribution in [3.63, 3.8) is 0 Å². The molecular weight excluding hydrogens is 356 g/mol. The molecule has 0 saturated carbocycles. The van der Waals surface area contributed by atoms with Crippen molar-refractivity contribution in [1.29, 1.82) is 5.26 Å². The molecule has 1 amide bonds. The molecule has 1 rings (SSSR count). The van der Waals surface area contributed by atoms with Gasteiger partial charge in [-0.2, -0.15) is 5.26 Å². The van der Waals surface area contributed by atoms with E-state index in [9.17, 15) is 4.79 Å². The molecule has 26 heavy (non-hydrogen) atoms. The fourth-order valence-corrected chi connectivity index (χ4v) is 2.85. The predicted molar refractivity (Wildman–Crippen MR) is 103 cm³/mol. The van der Waals surface area contributed by atoms with Gasteiger partial charge in [0.05, 0.1) is 7.11 Å². The first-order valence-corrected chi connectivity index (χ1v) is 8.79. The number of carbonyl (C=O) groups is 1. The van der Waals surface area contributed by atoms with Crippen LogP contribution in [-0.4, -0.2) is 45.3 Å². The van der Waals surface area contributed by atoms with E-state index in [1.165, 1.54) is 18.4 Å². The van der Waals surface area contributed by atoms with Crippen LogP contribution in [0.5, 0.6) is 0 Å². The van der Waals surface area contributed by atoms with E-state index in [0.29, 0.717) is 29.7 Å². The molecule has 0 bridgehead atoms. The number of aryl methyl sites for hydroxylation is 1. The average molecular weight is 380 g/mol. The Bertz CT molecular complexity index is 692. The lowest BCUT2D eigenvalue weighted by atomic mass is 10.3. The molecule has 1 heterocycles. The molecule has 0 aliphatic heterocycles. The summed E-state index contributed by atoms with van der Waals surface area (Å²) in [6.45, 7) is 2.93. The number of methoxy groups -OCH3 is 1. The molecule has 0 fully saturated rings. The Kier molecular flexibility index (Phi) is 9.34. The number of amides is 1. The van der Waals surface area contributed by atoms with Crippen LogP contribution in [-0.2, 0) is 11.2 Å². The largest absolute Gasteiger partial charge is 0.453 e. The van der Waals surface area contributed by atoms with Gasteiger partial charge in [-0.15, -0.1) is 16.3 Å². The number of ether oxygens (including phenoxy) is 1. The monoisotopic (exact) mass is 380 g/mol. The molecular formula is C15H24N8O2S. The Balaban J connectivity index is 2.77. The first-order valence-electron chi connectivity index (χ1n) is 7.98. The Morgan fingerprint density at radius 3 is 2.65 bits per heavy atom. The van der Waals surface area contributed by atoms with Gasteiger partial charge in [0.25, 0.3) is 0 Å². The van der Waals surface area contributed by atoms with Crippen LogP contribution in [0, 0.1) is 11.5 Å². The van der Waals surface area contributed by atoms with Gasteiger partial charge in [0.1, 0.15) is 10.7 Å². The number of nitriles is 1. The van der Waals surface area contributed by atoms with E-state index in [2.05, 4.69) is 42.9 Å². The van der Waals surface area contributed by atoms with E-state index in [0.717, 1.165) is 17.7 Å². The van der Waals surface area contributed by atoms with Crippen molar-refractivity contribution in [2.45, 2.75) is 19.8 Å². The Hall–Kier alpha value is -3.00. The summed E-state index contributed by atoms with van der Waals surface area (Å²) in [5.74, 6) is 0.564. The summed E-state index contributed by atoms with van der Waals surface area (Å²) >= 11 is 1.48. The van der Waals surface area contributed by atoms with Crippen LogP contribution in [0.25, 0.3) is 0 Å². The summed E-state index contributed by atoms with van der Waals surface area (Å²) in [6.07, 6.45) is 2.98. The quantitative estimate of drug-likeness (QED) is 0.213. The highest BCUT2D eigenvalue weighted by molar-refractivity contribution is 7.16. The molecule has 0 aromatic carbocycles. The lowest BCUT2D eigenvalue weighted by Gasteiger charge is -2.12. The first kappa shape index (κ1) is 21.0. The van der Waals surface area contributed by atoms with Gasteiger partial charge in [-0.3, -0.25) is 5.32 Å². The Morgan fingerprint density at radius 2 is 2.08 bits per heavy atom. The molecule has 142 valence electrons. The smallest absolute Gasteiger partial charge is 0.413 e. The van der Waals surface area contributed by atoms with Gasteiger partial charge < -0.3 is 26.4 Å². The van der Waals surface area contributed by atoms with Crippen LogP contribution in [0.2, 0.25) is 0 Å². The normalized spacial score (nSPS) is 11.5. The second-order valence-electron chi connectivity index (χ2n) is 4.95. The number of alkyl carbamates (subject to hydrolysis) is 1. The third kappa shape index (κ3) is 7.27. The lowest BCUT2D eigenvalue weighted by molar-refractivity contribution is 0.176. The second-order valence-corrected chi connectivity index (χ2v) is 6.12. The van der Waals surface area contributed by atoms with Crippen LogP contribution in [0.4, 0.5) is 15.5 Å². The minimum absolute atomic E-state index is 0.217. The van der Waals surface area contributed by atoms with Crippen LogP contribution in [0.3, 0.4) is 0 Å². The van der Waals surface area contributed by atoms with Crippen molar-refractivity contribution in [3.05, 3.63) is 10.9 Å². The first-order chi connectivity index (χ1) is 12.5. The molecule has 0 aliphatic carbocycles. The van der Waals surface area contributed by atoms with Crippen LogP contribution < -0.4 is 27.0 Å². The minimum atomic E-state index is -0.645. The summed E-state index contributed by atoms with van der Waals surface area (Å²) in [4.78, 5) is 20.6. The third-order valence-electron chi connectivity index (χ3n) is 3.03. The van der Waals surface area contributed by atoms with E-state index >= 15 is 0 Å². The fourth-order valence-electron chi connectivity index (χ4n) is 1.88. The SMILES string of the molecule is CCCc1cc(N=C(NCCNC(=NC#N)NC)NC(=O)OC)c(N)s1. The summed E-state index contributed by atoms with van der Waals surface area (Å²) in [6, 6.07) is 1.90. The van der Waals surface area contributed by atoms with Crippen molar-refractivity contribution in [2.24, 2.45) is 9.98 Å². The number of guanidine groups is 2. The summed E-state index contributed by atoms with van der Waals surface area (Å²) < 4.78 is 4.61. The zero-order chi connectivity index (χ0) is 19.4. The number of nitrogens with two attached hydrogens (primary N) is 1. The second kappa shape index (κ2) is 11.5. The van der Waals surface area contributed by atoms with Crippen molar-refractivity contribution in [2.75, 3.05) is 33.0 Å². The maximum Gasteiger partial charge on any atom is 0.413 e. The molecule has 0 aliphatic rings. The van der Waals surface area contributed by atoms with Gasteiger partial charge in [-0.05, 0) is 12.5 Å². The number of rotatable bonds is 6. The lowest BCUT2D eigenvalue weighted by Crippen LogP contribution is -2.45. The Morgan fingerprint density at radius 1 is 1.38 bits per heavy atom. The van der Waals surface area contributed by atoms with Crippen LogP contribution in [0.15, 0.2) is 16.1 Å². The number of hydrogen-bond acceptors (Lipinski definition) is 7. The molecule has 1 aromatic heterocycles. The summed E-state index contributed by atoms with van der Waals surface area (Å²) in [5, 5.41) is 20.3. The molecule has 0 radical (unpaired) electrons. The highest BCUT2D eigenvalue weighted by atomic mass is 32.1. The van der Waals surface area contributed by atoms with Crippen molar-refractivity contribution >= 4 is 40.0 Å². The number of nitrogen functional groups attached to an aromatic ring is 1. The number of thiophene rings is 1. The minimum Gasteiger partial charge on any atom is -0.453 e. The van der Waals surface area contributed by atoms with E-state index in [-0.39, 0.29) is 5.96 Å². The van der Waals surface area contributed by atoms with Gasteiger partial charge in [-0.25, -0.2) is 9.79 Å². The highest BCUT2D eigenvalue weighted by Crippen LogP contribution is 2.32. The molecule has 11 heteroatoms. The third-order valence-corrected chi connectivity index (χ3v) is 4.05. The van der Waals surface area contributed by atoms with E-state index in [1.54, 1.807) is 13.2 Å². The topological polar surface area (TPSA) is 149 Å². The average Bonchev–Trinajstić information content (AvgIpc) is 2.96. The Labute approximate surface area is 156 Å². The number of carbonyl (C=O) groups excluding carboxylic acids is 1. The predicted octanol–water partition coefficient (Wildman–Crippen LogP) is 0.862. The van der Waals surface area contributed by atoms with Gasteiger partial charge in [0.15, 0.2) is 0 Å². The number of anilines is 1. The maximum absolute atomic E-state index is 11.5. The summed E-state index contributed by atoms with van der Waals surface area (Å²) in [5.41, 5.74) is 6.59. The van der Waals surface area contributed by atoms with E-state index < -0.39 is 6.09 Å². The molecule has 10 nitrogen and oxygen atoms in total. The molecule has 0 atom stereocenters. The van der Waals surface area contributed by atoms with E-state index in [1.807, 2.05) is 6.07 Å². The van der Waals surface area contributed by atoms with Crippen LogP contribution in [0.1, 0.15) is 18.2 Å². The van der Waals surface area contributed by atoms with Gasteiger partial charge in [-0.1, -0.05) is 13.3 Å². The number of nitrogens with zero attached hydrogens (tertiary/aromatic N) is 3. The standard InChI is InChI=1S/C15H24N8O2S/c1-4-5-10-8-11(12(17)26-10)22-14(23-15(24)25-3)20-7-6-19-13(18-2)21-9-16/h8H,4-7,17H2,1-3H3,(H2,18,19,21)(H2,20,22,23,24). The van der Waals surface area contributed by atoms with Crippen LogP contribution >= 0.6 is 11.3 Å². The molecule has 1 aromatic rings.